The summed E-state index contributed by atoms with van der Waals surface area (Å²) in [5.41, 5.74) is -2.61. The van der Waals surface area contributed by atoms with Gasteiger partial charge in [-0.1, -0.05) is 51.2 Å². The summed E-state index contributed by atoms with van der Waals surface area (Å²) in [7, 11) is 0. The summed E-state index contributed by atoms with van der Waals surface area (Å²) < 4.78 is 180. The van der Waals surface area contributed by atoms with Crippen LogP contribution in [0.4, 0.5) is 62.8 Å². The van der Waals surface area contributed by atoms with Crippen LogP contribution in [0.3, 0.4) is 0 Å². The average molecular weight is 668 g/mol. The molecule has 0 saturated heterocycles. The molecule has 0 aliphatic carbocycles. The lowest BCUT2D eigenvalue weighted by Gasteiger charge is -2.39. The maximum atomic E-state index is 14.4. The summed E-state index contributed by atoms with van der Waals surface area (Å²) in [4.78, 5) is 13.4. The molecule has 0 aromatic heterocycles. The summed E-state index contributed by atoms with van der Waals surface area (Å²) in [5, 5.41) is 9.38. The molecule has 4 nitrogen and oxygen atoms in total. The van der Waals surface area contributed by atoms with Crippen molar-refractivity contribution in [3.63, 3.8) is 0 Å². The van der Waals surface area contributed by atoms with Gasteiger partial charge in [-0.05, 0) is 30.7 Å². The van der Waals surface area contributed by atoms with Gasteiger partial charge in [0.15, 0.2) is 0 Å². The van der Waals surface area contributed by atoms with Crippen molar-refractivity contribution in [2.45, 2.75) is 81.2 Å². The van der Waals surface area contributed by atoms with E-state index in [1.54, 1.807) is 6.07 Å². The predicted octanol–water partition coefficient (Wildman–Crippen LogP) is 9.45. The minimum Gasteiger partial charge on any atom is -0.462 e. The van der Waals surface area contributed by atoms with Crippen molar-refractivity contribution in [3.05, 3.63) is 65.5 Å². The molecule has 1 aromatic carbocycles. The number of unbranched alkanes of at least 4 members (excludes halogenated alkanes) is 5. The highest BCUT2D eigenvalue weighted by Gasteiger charge is 2.90. The Morgan fingerprint density at radius 1 is 0.733 bits per heavy atom. The molecule has 45 heavy (non-hydrogen) atoms. The lowest BCUT2D eigenvalue weighted by molar-refractivity contribution is -0.441. The largest absolute Gasteiger partial charge is 0.462 e. The molecule has 0 amide bonds. The van der Waals surface area contributed by atoms with Crippen LogP contribution in [0.15, 0.2) is 60.0 Å². The van der Waals surface area contributed by atoms with Gasteiger partial charge in [-0.2, -0.15) is 62.3 Å². The SMILES string of the molecule is CCCCCCCCOC(=O)C(C#N)=C1C=CN(c2ccc(C(F)(F)C(F)(F)C(F)(F)C(F)(F)C(F)(F)C(F)(F)F)cc2)C=C1. The fourth-order valence-corrected chi connectivity index (χ4v) is 3.91. The number of rotatable bonds is 14. The van der Waals surface area contributed by atoms with E-state index in [0.717, 1.165) is 49.4 Å². The van der Waals surface area contributed by atoms with E-state index < -0.39 is 47.3 Å². The zero-order valence-corrected chi connectivity index (χ0v) is 23.2. The number of anilines is 1. The van der Waals surface area contributed by atoms with E-state index in [9.17, 15) is 67.1 Å². The quantitative estimate of drug-likeness (QED) is 0.0652. The molecule has 1 aliphatic rings. The van der Waals surface area contributed by atoms with Crippen LogP contribution in [0.5, 0.6) is 0 Å². The zero-order chi connectivity index (χ0) is 34.5. The molecule has 1 aromatic rings. The summed E-state index contributed by atoms with van der Waals surface area (Å²) in [6, 6.07) is 2.92. The first-order valence-electron chi connectivity index (χ1n) is 13.1. The van der Waals surface area contributed by atoms with Crippen LogP contribution in [0.1, 0.15) is 51.0 Å². The zero-order valence-electron chi connectivity index (χ0n) is 23.2. The number of nitriles is 1. The molecule has 0 saturated carbocycles. The normalized spacial score (nSPS) is 14.9. The second-order valence-electron chi connectivity index (χ2n) is 9.80. The van der Waals surface area contributed by atoms with Gasteiger partial charge in [0.2, 0.25) is 0 Å². The molecular weight excluding hydrogens is 643 g/mol. The van der Waals surface area contributed by atoms with Crippen molar-refractivity contribution < 1.29 is 66.6 Å². The van der Waals surface area contributed by atoms with E-state index in [1.165, 1.54) is 12.2 Å². The molecule has 17 heteroatoms. The molecule has 0 radical (unpaired) electrons. The maximum absolute atomic E-state index is 14.4. The van der Waals surface area contributed by atoms with Crippen LogP contribution in [0.2, 0.25) is 0 Å². The Labute approximate surface area is 248 Å². The first kappa shape index (κ1) is 37.5. The monoisotopic (exact) mass is 668 g/mol. The van der Waals surface area contributed by atoms with Crippen LogP contribution in [-0.2, 0) is 15.5 Å². The highest BCUT2D eigenvalue weighted by molar-refractivity contribution is 5.95. The van der Waals surface area contributed by atoms with Gasteiger partial charge in [0.25, 0.3) is 0 Å². The number of carbonyl (C=O) groups excluding carboxylic acids is 1. The minimum atomic E-state index is -7.98. The van der Waals surface area contributed by atoms with Crippen LogP contribution in [0, 0.1) is 11.3 Å². The predicted molar refractivity (Wildman–Crippen MR) is 134 cm³/mol. The number of esters is 1. The van der Waals surface area contributed by atoms with Gasteiger partial charge in [-0.15, -0.1) is 0 Å². The van der Waals surface area contributed by atoms with Crippen molar-refractivity contribution in [2.75, 3.05) is 11.5 Å². The van der Waals surface area contributed by atoms with E-state index >= 15 is 0 Å². The molecule has 2 rings (SSSR count). The van der Waals surface area contributed by atoms with Gasteiger partial charge >= 0.3 is 41.8 Å². The Hall–Kier alpha value is -3.71. The molecule has 0 bridgehead atoms. The molecule has 250 valence electrons. The van der Waals surface area contributed by atoms with Gasteiger partial charge in [0.05, 0.1) is 6.61 Å². The van der Waals surface area contributed by atoms with Crippen LogP contribution in [0.25, 0.3) is 0 Å². The van der Waals surface area contributed by atoms with Crippen LogP contribution in [-0.4, -0.2) is 42.4 Å². The molecule has 0 unspecified atom stereocenters. The summed E-state index contributed by atoms with van der Waals surface area (Å²) in [6.45, 7) is 2.12. The molecular formula is C28H25F13N2O2. The van der Waals surface area contributed by atoms with E-state index in [2.05, 4.69) is 6.92 Å². The number of halogens is 13. The topological polar surface area (TPSA) is 53.3 Å². The highest BCUT2D eigenvalue weighted by atomic mass is 19.4. The third-order valence-corrected chi connectivity index (χ3v) is 6.63. The molecule has 0 spiro atoms. The second-order valence-corrected chi connectivity index (χ2v) is 9.80. The second kappa shape index (κ2) is 13.7. The number of hydrogen-bond donors (Lipinski definition) is 0. The van der Waals surface area contributed by atoms with Gasteiger partial charge in [-0.3, -0.25) is 0 Å². The first-order chi connectivity index (χ1) is 20.6. The Bertz CT molecular complexity index is 1310. The minimum absolute atomic E-state index is 0.0345. The van der Waals surface area contributed by atoms with Crippen molar-refractivity contribution in [2.24, 2.45) is 0 Å². The molecule has 1 aliphatic heterocycles. The Kier molecular flexibility index (Phi) is 11.4. The number of carbonyl (C=O) groups is 1. The van der Waals surface area contributed by atoms with E-state index in [4.69, 9.17) is 4.74 Å². The number of hydrogen-bond acceptors (Lipinski definition) is 4. The number of ether oxygens (including phenoxy) is 1. The standard InChI is InChI=1S/C28H25F13N2O2/c1-2-3-4-5-6-7-16-45-22(44)21(17-42)18-12-14-43(15-13-18)20-10-8-19(9-11-20)23(29,30)24(31,32)25(33,34)26(35,36)27(37,38)28(39,40)41/h8-15H,2-7,16H2,1H3. The van der Waals surface area contributed by atoms with Crippen molar-refractivity contribution in [1.82, 2.24) is 0 Å². The summed E-state index contributed by atoms with van der Waals surface area (Å²) in [6.07, 6.45) is 2.72. The van der Waals surface area contributed by atoms with Crippen LogP contribution < -0.4 is 4.90 Å². The molecule has 0 N–H and O–H groups in total. The van der Waals surface area contributed by atoms with E-state index in [1.807, 2.05) is 0 Å². The first-order valence-corrected chi connectivity index (χ1v) is 13.1. The molecule has 0 fully saturated rings. The van der Waals surface area contributed by atoms with Gasteiger partial charge in [0.1, 0.15) is 11.6 Å². The number of benzene rings is 1. The smallest absolute Gasteiger partial charge is 0.460 e. The Balaban J connectivity index is 2.21. The van der Waals surface area contributed by atoms with Gasteiger partial charge in [-0.25, -0.2) is 4.79 Å². The van der Waals surface area contributed by atoms with Gasteiger partial charge < -0.3 is 9.64 Å². The molecule has 0 atom stereocenters. The van der Waals surface area contributed by atoms with Gasteiger partial charge in [0, 0.05) is 29.2 Å². The number of alkyl halides is 13. The van der Waals surface area contributed by atoms with Crippen molar-refractivity contribution in [1.29, 1.82) is 5.26 Å². The Morgan fingerprint density at radius 3 is 1.71 bits per heavy atom. The number of allylic oxidation sites excluding steroid dienone is 3. The fourth-order valence-electron chi connectivity index (χ4n) is 3.91. The fraction of sp³-hybridized carbons (Fsp3) is 0.500. The van der Waals surface area contributed by atoms with E-state index in [-0.39, 0.29) is 35.6 Å². The van der Waals surface area contributed by atoms with Crippen LogP contribution >= 0.6 is 0 Å². The number of nitrogens with zero attached hydrogens (tertiary/aromatic N) is 2. The third-order valence-electron chi connectivity index (χ3n) is 6.63. The summed E-state index contributed by atoms with van der Waals surface area (Å²) >= 11 is 0. The maximum Gasteiger partial charge on any atom is 0.460 e. The summed E-state index contributed by atoms with van der Waals surface area (Å²) in [5.74, 6) is -38.4. The lowest BCUT2D eigenvalue weighted by atomic mass is 9.90. The Morgan fingerprint density at radius 2 is 1.22 bits per heavy atom. The third kappa shape index (κ3) is 7.25. The van der Waals surface area contributed by atoms with Crippen molar-refractivity contribution in [3.8, 4) is 6.07 Å². The lowest BCUT2D eigenvalue weighted by Crippen LogP contribution is -2.69. The van der Waals surface area contributed by atoms with E-state index in [0.29, 0.717) is 18.6 Å². The molecule has 1 heterocycles. The average Bonchev–Trinajstić information content (AvgIpc) is 2.96. The highest BCUT2D eigenvalue weighted by Crippen LogP contribution is 2.62. The van der Waals surface area contributed by atoms with Crippen molar-refractivity contribution >= 4 is 11.7 Å².